The van der Waals surface area contributed by atoms with Crippen LogP contribution in [-0.2, 0) is 16.1 Å². The summed E-state index contributed by atoms with van der Waals surface area (Å²) in [6.45, 7) is 5.55. The minimum Gasteiger partial charge on any atom is -0.298 e. The van der Waals surface area contributed by atoms with E-state index in [1.807, 2.05) is 30.3 Å². The maximum Gasteiger partial charge on any atom is 0.261 e. The van der Waals surface area contributed by atoms with Crippen LogP contribution in [0.25, 0.3) is 0 Å². The lowest BCUT2D eigenvalue weighted by Gasteiger charge is -2.34. The molecule has 1 aliphatic heterocycles. The Labute approximate surface area is 147 Å². The highest BCUT2D eigenvalue weighted by molar-refractivity contribution is 6.20. The molecule has 0 aliphatic carbocycles. The number of hydrogen-bond donors (Lipinski definition) is 0. The van der Waals surface area contributed by atoms with E-state index in [0.717, 1.165) is 5.56 Å². The van der Waals surface area contributed by atoms with E-state index in [1.54, 1.807) is 45.0 Å². The van der Waals surface area contributed by atoms with Crippen molar-refractivity contribution >= 4 is 17.6 Å². The Hall–Kier alpha value is -2.75. The molecule has 3 rings (SSSR count). The fourth-order valence-corrected chi connectivity index (χ4v) is 3.08. The van der Waals surface area contributed by atoms with Gasteiger partial charge in [0.15, 0.2) is 5.78 Å². The zero-order valence-corrected chi connectivity index (χ0v) is 14.7. The zero-order valence-electron chi connectivity index (χ0n) is 14.7. The van der Waals surface area contributed by atoms with Gasteiger partial charge in [-0.25, -0.2) is 0 Å². The summed E-state index contributed by atoms with van der Waals surface area (Å²) in [4.78, 5) is 40.1. The molecule has 0 saturated heterocycles. The highest BCUT2D eigenvalue weighted by Crippen LogP contribution is 2.35. The van der Waals surface area contributed by atoms with Gasteiger partial charge in [-0.2, -0.15) is 0 Å². The monoisotopic (exact) mass is 335 g/mol. The number of ketones is 1. The fourth-order valence-electron chi connectivity index (χ4n) is 3.08. The Morgan fingerprint density at radius 3 is 2.20 bits per heavy atom. The lowest BCUT2D eigenvalue weighted by molar-refractivity contribution is -0.139. The highest BCUT2D eigenvalue weighted by Gasteiger charge is 2.45. The molecule has 0 spiro atoms. The van der Waals surface area contributed by atoms with Crippen molar-refractivity contribution in [2.75, 3.05) is 0 Å². The van der Waals surface area contributed by atoms with E-state index in [2.05, 4.69) is 0 Å². The van der Waals surface area contributed by atoms with E-state index in [1.165, 1.54) is 4.90 Å². The van der Waals surface area contributed by atoms with Crippen LogP contribution in [-0.4, -0.2) is 22.5 Å². The first-order valence-electron chi connectivity index (χ1n) is 8.33. The van der Waals surface area contributed by atoms with Crippen molar-refractivity contribution in [3.63, 3.8) is 0 Å². The Morgan fingerprint density at radius 1 is 0.960 bits per heavy atom. The van der Waals surface area contributed by atoms with Gasteiger partial charge in [-0.05, 0) is 17.2 Å². The number of Topliss-reactive ketones (excluding diaryl/α,β-unsaturated/α-hetero) is 1. The maximum atomic E-state index is 13.1. The van der Waals surface area contributed by atoms with Gasteiger partial charge in [-0.15, -0.1) is 0 Å². The molecule has 1 atom stereocenters. The van der Waals surface area contributed by atoms with Crippen LogP contribution in [0, 0.1) is 5.41 Å². The van der Waals surface area contributed by atoms with Gasteiger partial charge in [0.05, 0.1) is 6.54 Å². The van der Waals surface area contributed by atoms with Crippen LogP contribution < -0.4 is 0 Å². The van der Waals surface area contributed by atoms with E-state index < -0.39 is 17.2 Å². The number of nitrogens with zero attached hydrogens (tertiary/aromatic N) is 1. The Bertz CT molecular complexity index is 834. The van der Waals surface area contributed by atoms with Gasteiger partial charge in [-0.3, -0.25) is 19.3 Å². The van der Waals surface area contributed by atoms with E-state index in [0.29, 0.717) is 11.1 Å². The molecule has 1 heterocycles. The van der Waals surface area contributed by atoms with E-state index in [-0.39, 0.29) is 18.2 Å². The van der Waals surface area contributed by atoms with Crippen LogP contribution in [0.2, 0.25) is 0 Å². The molecule has 0 radical (unpaired) electrons. The second-order valence-corrected chi connectivity index (χ2v) is 7.35. The summed E-state index contributed by atoms with van der Waals surface area (Å²) < 4.78 is 0. The molecule has 1 unspecified atom stereocenters. The van der Waals surface area contributed by atoms with Crippen molar-refractivity contribution in [3.8, 4) is 0 Å². The summed E-state index contributed by atoms with van der Waals surface area (Å²) in [5, 5.41) is 0. The number of amides is 2. The molecule has 2 aromatic carbocycles. The molecule has 0 fully saturated rings. The molecule has 2 amide bonds. The van der Waals surface area contributed by atoms with Crippen molar-refractivity contribution in [3.05, 3.63) is 71.3 Å². The molecule has 4 heteroatoms. The molecule has 25 heavy (non-hydrogen) atoms. The lowest BCUT2D eigenvalue weighted by atomic mass is 9.76. The highest BCUT2D eigenvalue weighted by atomic mass is 16.2. The summed E-state index contributed by atoms with van der Waals surface area (Å²) >= 11 is 0. The minimum atomic E-state index is -0.933. The van der Waals surface area contributed by atoms with Crippen molar-refractivity contribution < 1.29 is 14.4 Å². The number of imide groups is 1. The fraction of sp³-hybridized carbons (Fsp3) is 0.286. The average molecular weight is 335 g/mol. The van der Waals surface area contributed by atoms with E-state index in [4.69, 9.17) is 0 Å². The lowest BCUT2D eigenvalue weighted by Crippen LogP contribution is -2.48. The van der Waals surface area contributed by atoms with Gasteiger partial charge in [0.25, 0.3) is 5.91 Å². The number of carbonyl (C=O) groups excluding carboxylic acids is 3. The van der Waals surface area contributed by atoms with Crippen molar-refractivity contribution in [2.24, 2.45) is 5.41 Å². The van der Waals surface area contributed by atoms with Gasteiger partial charge in [-0.1, -0.05) is 69.3 Å². The third-order valence-corrected chi connectivity index (χ3v) is 4.45. The van der Waals surface area contributed by atoms with Crippen LogP contribution in [0.4, 0.5) is 0 Å². The Morgan fingerprint density at radius 2 is 1.56 bits per heavy atom. The Kier molecular flexibility index (Phi) is 4.29. The van der Waals surface area contributed by atoms with Gasteiger partial charge >= 0.3 is 0 Å². The third kappa shape index (κ3) is 3.12. The van der Waals surface area contributed by atoms with Gasteiger partial charge < -0.3 is 0 Å². The largest absolute Gasteiger partial charge is 0.298 e. The number of benzene rings is 2. The molecule has 0 N–H and O–H groups in total. The van der Waals surface area contributed by atoms with Crippen LogP contribution in [0.1, 0.15) is 48.2 Å². The summed E-state index contributed by atoms with van der Waals surface area (Å²) in [5.41, 5.74) is 1.12. The molecule has 0 saturated carbocycles. The molecule has 0 aromatic heterocycles. The second-order valence-electron chi connectivity index (χ2n) is 7.35. The first kappa shape index (κ1) is 17.1. The SMILES string of the molecule is CC(C)(C)C(=O)C1C(=O)N(Cc2ccccc2)C(=O)c2ccccc21. The predicted octanol–water partition coefficient (Wildman–Crippen LogP) is 3.57. The van der Waals surface area contributed by atoms with Crippen molar-refractivity contribution in [2.45, 2.75) is 33.2 Å². The molecular weight excluding hydrogens is 314 g/mol. The molecular formula is C21H21NO3. The number of hydrogen-bond acceptors (Lipinski definition) is 3. The smallest absolute Gasteiger partial charge is 0.261 e. The maximum absolute atomic E-state index is 13.1. The number of fused-ring (bicyclic) bond motifs is 1. The molecule has 128 valence electrons. The second kappa shape index (κ2) is 6.28. The van der Waals surface area contributed by atoms with Crippen LogP contribution in [0.3, 0.4) is 0 Å². The van der Waals surface area contributed by atoms with Gasteiger partial charge in [0.2, 0.25) is 5.91 Å². The summed E-state index contributed by atoms with van der Waals surface area (Å²) in [6, 6.07) is 16.2. The van der Waals surface area contributed by atoms with Crippen LogP contribution >= 0.6 is 0 Å². The Balaban J connectivity index is 2.07. The predicted molar refractivity (Wildman–Crippen MR) is 95.0 cm³/mol. The van der Waals surface area contributed by atoms with Crippen molar-refractivity contribution in [1.29, 1.82) is 0 Å². The third-order valence-electron chi connectivity index (χ3n) is 4.45. The minimum absolute atomic E-state index is 0.167. The molecule has 1 aliphatic rings. The normalized spacial score (nSPS) is 17.4. The van der Waals surface area contributed by atoms with E-state index in [9.17, 15) is 14.4 Å². The topological polar surface area (TPSA) is 54.5 Å². The van der Waals surface area contributed by atoms with Gasteiger partial charge in [0.1, 0.15) is 5.92 Å². The standard InChI is InChI=1S/C21H21NO3/c1-21(2,3)18(23)17-15-11-7-8-12-16(15)19(24)22(20(17)25)13-14-9-5-4-6-10-14/h4-12,17H,13H2,1-3H3. The van der Waals surface area contributed by atoms with Crippen molar-refractivity contribution in [1.82, 2.24) is 4.90 Å². The van der Waals surface area contributed by atoms with E-state index >= 15 is 0 Å². The number of carbonyl (C=O) groups is 3. The molecule has 4 nitrogen and oxygen atoms in total. The van der Waals surface area contributed by atoms with Gasteiger partial charge in [0, 0.05) is 11.0 Å². The first-order valence-corrected chi connectivity index (χ1v) is 8.33. The summed E-state index contributed by atoms with van der Waals surface area (Å²) in [7, 11) is 0. The average Bonchev–Trinajstić information content (AvgIpc) is 2.59. The summed E-state index contributed by atoms with van der Waals surface area (Å²) in [6.07, 6.45) is 0. The molecule has 2 aromatic rings. The number of rotatable bonds is 3. The van der Waals surface area contributed by atoms with Crippen LogP contribution in [0.5, 0.6) is 0 Å². The first-order chi connectivity index (χ1) is 11.8. The zero-order chi connectivity index (χ0) is 18.2. The van der Waals surface area contributed by atoms with Crippen LogP contribution in [0.15, 0.2) is 54.6 Å². The molecule has 0 bridgehead atoms. The quantitative estimate of drug-likeness (QED) is 0.636. The summed E-state index contributed by atoms with van der Waals surface area (Å²) in [5.74, 6) is -1.89.